The summed E-state index contributed by atoms with van der Waals surface area (Å²) in [5.74, 6) is -0.618. The fourth-order valence-corrected chi connectivity index (χ4v) is 7.21. The lowest BCUT2D eigenvalue weighted by molar-refractivity contribution is -0.142. The number of likely N-dealkylation sites (tertiary alicyclic amines) is 1. The predicted molar refractivity (Wildman–Crippen MR) is 183 cm³/mol. The topological polar surface area (TPSA) is 97.0 Å². The Balaban J connectivity index is 1.25. The van der Waals surface area contributed by atoms with E-state index in [1.807, 2.05) is 54.6 Å². The summed E-state index contributed by atoms with van der Waals surface area (Å²) < 4.78 is 12.3. The molecule has 3 atom stereocenters. The second-order valence-corrected chi connectivity index (χ2v) is 18.8. The van der Waals surface area contributed by atoms with Gasteiger partial charge in [0.1, 0.15) is 18.7 Å². The maximum absolute atomic E-state index is 14.0. The van der Waals surface area contributed by atoms with E-state index in [0.29, 0.717) is 26.0 Å². The van der Waals surface area contributed by atoms with Crippen LogP contribution in [0.3, 0.4) is 0 Å². The maximum atomic E-state index is 14.0. The zero-order valence-corrected chi connectivity index (χ0v) is 28.8. The summed E-state index contributed by atoms with van der Waals surface area (Å²) in [5.41, 5.74) is 5.51. The van der Waals surface area contributed by atoms with Crippen molar-refractivity contribution in [2.24, 2.45) is 0 Å². The number of carbonyl (C=O) groups is 3. The number of hydrogen-bond acceptors (Lipinski definition) is 5. The predicted octanol–water partition coefficient (Wildman–Crippen LogP) is 6.61. The summed E-state index contributed by atoms with van der Waals surface area (Å²) in [6.45, 7) is 13.4. The Labute approximate surface area is 274 Å². The minimum absolute atomic E-state index is 0.00581. The Bertz CT molecular complexity index is 1510. The lowest BCUT2D eigenvalue weighted by Crippen LogP contribution is -2.56. The number of fused-ring (bicyclic) bond motifs is 3. The van der Waals surface area contributed by atoms with Gasteiger partial charge in [-0.1, -0.05) is 99.6 Å². The van der Waals surface area contributed by atoms with Crippen LogP contribution in [-0.2, 0) is 25.3 Å². The van der Waals surface area contributed by atoms with Gasteiger partial charge in [-0.25, -0.2) is 4.79 Å². The largest absolute Gasteiger partial charge is 0.449 e. The highest BCUT2D eigenvalue weighted by atomic mass is 28.4. The minimum atomic E-state index is -2.10. The molecule has 9 heteroatoms. The number of alkyl carbamates (subject to hydrolysis) is 1. The molecule has 2 aliphatic rings. The van der Waals surface area contributed by atoms with Gasteiger partial charge in [-0.15, -0.1) is 0 Å². The van der Waals surface area contributed by atoms with Crippen LogP contribution in [0.15, 0.2) is 78.9 Å². The molecule has 244 valence electrons. The highest BCUT2D eigenvalue weighted by molar-refractivity contribution is 6.74. The number of benzene rings is 3. The van der Waals surface area contributed by atoms with Crippen LogP contribution in [0, 0.1) is 0 Å². The van der Waals surface area contributed by atoms with Crippen molar-refractivity contribution in [3.63, 3.8) is 0 Å². The molecule has 1 saturated heterocycles. The highest BCUT2D eigenvalue weighted by Crippen LogP contribution is 2.44. The van der Waals surface area contributed by atoms with Gasteiger partial charge in [0.05, 0.1) is 12.6 Å². The zero-order chi connectivity index (χ0) is 33.1. The van der Waals surface area contributed by atoms with E-state index in [2.05, 4.69) is 68.8 Å². The van der Waals surface area contributed by atoms with Crippen molar-refractivity contribution in [1.29, 1.82) is 0 Å². The Morgan fingerprint density at radius 2 is 1.46 bits per heavy atom. The van der Waals surface area contributed by atoms with E-state index in [1.54, 1.807) is 11.8 Å². The summed E-state index contributed by atoms with van der Waals surface area (Å²) in [7, 11) is -2.10. The summed E-state index contributed by atoms with van der Waals surface area (Å²) in [6.07, 6.45) is 0.498. The van der Waals surface area contributed by atoms with Gasteiger partial charge in [-0.3, -0.25) is 9.59 Å². The number of carbonyl (C=O) groups excluding carboxylic acids is 3. The van der Waals surface area contributed by atoms with Crippen LogP contribution < -0.4 is 10.6 Å². The molecule has 3 aromatic carbocycles. The molecule has 3 aromatic rings. The summed E-state index contributed by atoms with van der Waals surface area (Å²) >= 11 is 0. The average molecular weight is 642 g/mol. The second kappa shape index (κ2) is 13.8. The van der Waals surface area contributed by atoms with Crippen LogP contribution in [-0.4, -0.2) is 62.5 Å². The number of nitrogens with zero attached hydrogens (tertiary/aromatic N) is 1. The molecule has 3 amide bonds. The standard InChI is InChI=1S/C37H47N3O5Si/c1-25(39-36(43)44-24-32-30-18-12-10-16-28(30)29-17-11-13-19-31(29)32)35(42)40-27(23-45-46(5,6)37(2,3)4)20-21-33(40)34(41)38-22-26-14-8-7-9-15-26/h7-19,25,27,32-33H,20-24H2,1-6H3,(H,38,41)(H,39,43)/t25-,27+,33+/m0/s1. The molecule has 1 aliphatic carbocycles. The van der Waals surface area contributed by atoms with Crippen molar-refractivity contribution in [2.75, 3.05) is 13.2 Å². The first-order chi connectivity index (χ1) is 21.9. The fourth-order valence-electron chi connectivity index (χ4n) is 6.16. The Morgan fingerprint density at radius 3 is 2.07 bits per heavy atom. The van der Waals surface area contributed by atoms with E-state index in [9.17, 15) is 14.4 Å². The van der Waals surface area contributed by atoms with Crippen LogP contribution in [0.5, 0.6) is 0 Å². The van der Waals surface area contributed by atoms with E-state index < -0.39 is 26.5 Å². The van der Waals surface area contributed by atoms with E-state index in [1.165, 1.54) is 0 Å². The van der Waals surface area contributed by atoms with Gasteiger partial charge in [-0.05, 0) is 65.7 Å². The van der Waals surface area contributed by atoms with Crippen LogP contribution in [0.4, 0.5) is 4.79 Å². The normalized spacial score (nSPS) is 18.4. The van der Waals surface area contributed by atoms with E-state index in [0.717, 1.165) is 27.8 Å². The maximum Gasteiger partial charge on any atom is 0.407 e. The third kappa shape index (κ3) is 7.21. The van der Waals surface area contributed by atoms with Gasteiger partial charge in [0.25, 0.3) is 0 Å². The Hall–Kier alpha value is -3.95. The Morgan fingerprint density at radius 1 is 0.870 bits per heavy atom. The molecule has 46 heavy (non-hydrogen) atoms. The van der Waals surface area contributed by atoms with Gasteiger partial charge < -0.3 is 24.7 Å². The molecule has 2 N–H and O–H groups in total. The molecule has 0 radical (unpaired) electrons. The molecule has 0 saturated carbocycles. The van der Waals surface area contributed by atoms with Gasteiger partial charge in [0.2, 0.25) is 11.8 Å². The second-order valence-electron chi connectivity index (χ2n) is 14.0. The van der Waals surface area contributed by atoms with Crippen molar-refractivity contribution < 1.29 is 23.5 Å². The van der Waals surface area contributed by atoms with Crippen LogP contribution in [0.1, 0.15) is 63.1 Å². The zero-order valence-electron chi connectivity index (χ0n) is 27.8. The Kier molecular flexibility index (Phi) is 10.0. The van der Waals surface area contributed by atoms with Crippen LogP contribution in [0.25, 0.3) is 11.1 Å². The summed E-state index contributed by atoms with van der Waals surface area (Å²) in [6, 6.07) is 24.2. The molecule has 0 spiro atoms. The van der Waals surface area contributed by atoms with Crippen LogP contribution >= 0.6 is 0 Å². The summed E-state index contributed by atoms with van der Waals surface area (Å²) in [4.78, 5) is 42.2. The number of hydrogen-bond donors (Lipinski definition) is 2. The van der Waals surface area contributed by atoms with Gasteiger partial charge in [0, 0.05) is 12.5 Å². The van der Waals surface area contributed by atoms with Crippen LogP contribution in [0.2, 0.25) is 18.1 Å². The lowest BCUT2D eigenvalue weighted by Gasteiger charge is -2.39. The summed E-state index contributed by atoms with van der Waals surface area (Å²) in [5, 5.41) is 5.77. The molecule has 0 aromatic heterocycles. The lowest BCUT2D eigenvalue weighted by atomic mass is 9.98. The monoisotopic (exact) mass is 641 g/mol. The van der Waals surface area contributed by atoms with Gasteiger partial charge in [0.15, 0.2) is 8.32 Å². The van der Waals surface area contributed by atoms with Gasteiger partial charge >= 0.3 is 6.09 Å². The molecule has 1 aliphatic heterocycles. The van der Waals surface area contributed by atoms with Crippen molar-refractivity contribution in [3.8, 4) is 11.1 Å². The third-order valence-corrected chi connectivity index (χ3v) is 14.4. The van der Waals surface area contributed by atoms with Crippen molar-refractivity contribution in [1.82, 2.24) is 15.5 Å². The van der Waals surface area contributed by atoms with Crippen molar-refractivity contribution in [2.45, 2.75) is 89.3 Å². The molecular weight excluding hydrogens is 595 g/mol. The first-order valence-corrected chi connectivity index (χ1v) is 19.2. The van der Waals surface area contributed by atoms with Crippen molar-refractivity contribution in [3.05, 3.63) is 95.6 Å². The number of rotatable bonds is 10. The number of nitrogens with one attached hydrogen (secondary N) is 2. The molecule has 1 heterocycles. The van der Waals surface area contributed by atoms with E-state index >= 15 is 0 Å². The first kappa shape index (κ1) is 33.4. The SMILES string of the molecule is C[C@H](NC(=O)OCC1c2ccccc2-c2ccccc21)C(=O)N1[C@@H](CO[Si](C)(C)C(C)(C)C)CC[C@@H]1C(=O)NCc1ccccc1. The molecule has 0 unspecified atom stereocenters. The van der Waals surface area contributed by atoms with E-state index in [-0.39, 0.29) is 35.4 Å². The fraction of sp³-hybridized carbons (Fsp3) is 0.432. The first-order valence-electron chi connectivity index (χ1n) is 16.3. The molecule has 8 nitrogen and oxygen atoms in total. The van der Waals surface area contributed by atoms with Gasteiger partial charge in [-0.2, -0.15) is 0 Å². The average Bonchev–Trinajstić information content (AvgIpc) is 3.60. The van der Waals surface area contributed by atoms with E-state index in [4.69, 9.17) is 9.16 Å². The quantitative estimate of drug-likeness (QED) is 0.243. The molecular formula is C37H47N3O5Si. The number of ether oxygens (including phenoxy) is 1. The third-order valence-electron chi connectivity index (χ3n) is 9.86. The minimum Gasteiger partial charge on any atom is -0.449 e. The molecule has 1 fully saturated rings. The number of amides is 3. The van der Waals surface area contributed by atoms with Crippen molar-refractivity contribution >= 4 is 26.2 Å². The molecule has 5 rings (SSSR count). The smallest absolute Gasteiger partial charge is 0.407 e. The highest BCUT2D eigenvalue weighted by Gasteiger charge is 2.45. The molecule has 0 bridgehead atoms.